The number of anilines is 1. The Balaban J connectivity index is 2.57. The van der Waals surface area contributed by atoms with Gasteiger partial charge < -0.3 is 14.9 Å². The Morgan fingerprint density at radius 1 is 1.59 bits per heavy atom. The Morgan fingerprint density at radius 2 is 2.35 bits per heavy atom. The molecule has 0 amide bonds. The molecule has 0 spiro atoms. The van der Waals surface area contributed by atoms with Crippen molar-refractivity contribution in [3.05, 3.63) is 29.5 Å². The number of esters is 1. The fourth-order valence-corrected chi connectivity index (χ4v) is 1.53. The summed E-state index contributed by atoms with van der Waals surface area (Å²) in [6.45, 7) is 1.95. The molecule has 0 atom stereocenters. The number of nitrogens with zero attached hydrogens (tertiary/aromatic N) is 1. The van der Waals surface area contributed by atoms with Crippen LogP contribution in [-0.4, -0.2) is 12.6 Å². The minimum Gasteiger partial charge on any atom is -0.460 e. The van der Waals surface area contributed by atoms with E-state index in [1.165, 1.54) is 6.07 Å². The number of rotatable bonds is 2. The van der Waals surface area contributed by atoms with E-state index in [2.05, 4.69) is 0 Å². The van der Waals surface area contributed by atoms with Crippen molar-refractivity contribution in [3.8, 4) is 6.07 Å². The molecule has 2 aromatic rings. The molecule has 0 aliphatic carbocycles. The highest BCUT2D eigenvalue weighted by atomic mass is 16.5. The number of furan rings is 1. The molecular weight excluding hydrogens is 220 g/mol. The predicted octanol–water partition coefficient (Wildman–Crippen LogP) is 2.06. The van der Waals surface area contributed by atoms with E-state index in [9.17, 15) is 4.79 Å². The number of nitriles is 1. The monoisotopic (exact) mass is 230 g/mol. The molecule has 0 unspecified atom stereocenters. The van der Waals surface area contributed by atoms with E-state index in [1.807, 2.05) is 6.07 Å². The second-order valence-electron chi connectivity index (χ2n) is 3.39. The lowest BCUT2D eigenvalue weighted by atomic mass is 10.1. The first-order chi connectivity index (χ1) is 8.17. The third kappa shape index (κ3) is 1.81. The molecule has 86 valence electrons. The maximum Gasteiger partial charge on any atom is 0.376 e. The fourth-order valence-electron chi connectivity index (χ4n) is 1.53. The second-order valence-corrected chi connectivity index (χ2v) is 3.39. The Labute approximate surface area is 97.4 Å². The first kappa shape index (κ1) is 11.0. The maximum atomic E-state index is 11.5. The smallest absolute Gasteiger partial charge is 0.376 e. The van der Waals surface area contributed by atoms with Gasteiger partial charge in [-0.1, -0.05) is 0 Å². The normalized spacial score (nSPS) is 10.1. The van der Waals surface area contributed by atoms with E-state index >= 15 is 0 Å². The van der Waals surface area contributed by atoms with E-state index in [-0.39, 0.29) is 18.1 Å². The molecule has 2 N–H and O–H groups in total. The Morgan fingerprint density at radius 3 is 3.00 bits per heavy atom. The van der Waals surface area contributed by atoms with Crippen molar-refractivity contribution in [1.82, 2.24) is 0 Å². The van der Waals surface area contributed by atoms with E-state index in [0.29, 0.717) is 16.5 Å². The van der Waals surface area contributed by atoms with Crippen LogP contribution in [0.4, 0.5) is 5.69 Å². The van der Waals surface area contributed by atoms with Gasteiger partial charge in [0, 0.05) is 5.39 Å². The summed E-state index contributed by atoms with van der Waals surface area (Å²) in [7, 11) is 0. The van der Waals surface area contributed by atoms with Crippen LogP contribution in [0.3, 0.4) is 0 Å². The van der Waals surface area contributed by atoms with Crippen LogP contribution >= 0.6 is 0 Å². The van der Waals surface area contributed by atoms with Gasteiger partial charge in [0.2, 0.25) is 5.76 Å². The number of fused-ring (bicyclic) bond motifs is 1. The van der Waals surface area contributed by atoms with E-state index in [0.717, 1.165) is 0 Å². The van der Waals surface area contributed by atoms with Crippen molar-refractivity contribution in [2.24, 2.45) is 0 Å². The Kier molecular flexibility index (Phi) is 2.71. The SMILES string of the molecule is CCOC(=O)c1oc2cc(C#N)ccc2c1N. The zero-order valence-corrected chi connectivity index (χ0v) is 9.19. The molecule has 2 rings (SSSR count). The molecule has 1 heterocycles. The molecule has 1 aromatic carbocycles. The lowest BCUT2D eigenvalue weighted by Crippen LogP contribution is -2.05. The van der Waals surface area contributed by atoms with Crippen LogP contribution < -0.4 is 5.73 Å². The first-order valence-electron chi connectivity index (χ1n) is 5.06. The van der Waals surface area contributed by atoms with Gasteiger partial charge in [-0.2, -0.15) is 5.26 Å². The molecule has 0 saturated carbocycles. The molecule has 0 radical (unpaired) electrons. The first-order valence-corrected chi connectivity index (χ1v) is 5.06. The van der Waals surface area contributed by atoms with Gasteiger partial charge in [0.1, 0.15) is 5.58 Å². The lowest BCUT2D eigenvalue weighted by Gasteiger charge is -1.97. The number of ether oxygens (including phenoxy) is 1. The zero-order valence-electron chi connectivity index (χ0n) is 9.19. The van der Waals surface area contributed by atoms with Crippen molar-refractivity contribution >= 4 is 22.6 Å². The molecule has 5 heteroatoms. The highest BCUT2D eigenvalue weighted by molar-refractivity contribution is 6.03. The molecule has 0 saturated heterocycles. The van der Waals surface area contributed by atoms with Crippen LogP contribution in [0.1, 0.15) is 23.0 Å². The Hall–Kier alpha value is -2.48. The summed E-state index contributed by atoms with van der Waals surface area (Å²) in [6.07, 6.45) is 0. The van der Waals surface area contributed by atoms with Crippen LogP contribution in [0.25, 0.3) is 11.0 Å². The summed E-state index contributed by atoms with van der Waals surface area (Å²) < 4.78 is 10.1. The molecule has 0 aliphatic heterocycles. The van der Waals surface area contributed by atoms with Gasteiger partial charge in [0.25, 0.3) is 0 Å². The zero-order chi connectivity index (χ0) is 12.4. The molecule has 0 fully saturated rings. The lowest BCUT2D eigenvalue weighted by molar-refractivity contribution is 0.0494. The number of benzene rings is 1. The highest BCUT2D eigenvalue weighted by Gasteiger charge is 2.19. The highest BCUT2D eigenvalue weighted by Crippen LogP contribution is 2.29. The van der Waals surface area contributed by atoms with E-state index in [4.69, 9.17) is 20.1 Å². The minimum absolute atomic E-state index is 0.0167. The van der Waals surface area contributed by atoms with Crippen LogP contribution in [0.15, 0.2) is 22.6 Å². The van der Waals surface area contributed by atoms with Crippen molar-refractivity contribution in [3.63, 3.8) is 0 Å². The standard InChI is InChI=1S/C12H10N2O3/c1-2-16-12(15)11-10(14)8-4-3-7(6-13)5-9(8)17-11/h3-5H,2,14H2,1H3. The average molecular weight is 230 g/mol. The van der Waals surface area contributed by atoms with Crippen LogP contribution in [0.5, 0.6) is 0 Å². The van der Waals surface area contributed by atoms with Gasteiger partial charge >= 0.3 is 5.97 Å². The van der Waals surface area contributed by atoms with E-state index in [1.54, 1.807) is 19.1 Å². The van der Waals surface area contributed by atoms with Crippen LogP contribution in [0.2, 0.25) is 0 Å². The van der Waals surface area contributed by atoms with Gasteiger partial charge in [-0.15, -0.1) is 0 Å². The second kappa shape index (κ2) is 4.18. The summed E-state index contributed by atoms with van der Waals surface area (Å²) in [5.41, 5.74) is 6.88. The summed E-state index contributed by atoms with van der Waals surface area (Å²) in [4.78, 5) is 11.5. The number of carbonyl (C=O) groups is 1. The van der Waals surface area contributed by atoms with Gasteiger partial charge in [-0.05, 0) is 25.1 Å². The summed E-state index contributed by atoms with van der Waals surface area (Å²) in [5, 5.41) is 9.36. The molecule has 0 bridgehead atoms. The van der Waals surface area contributed by atoms with Gasteiger partial charge in [-0.25, -0.2) is 4.79 Å². The van der Waals surface area contributed by atoms with E-state index < -0.39 is 5.97 Å². The predicted molar refractivity (Wildman–Crippen MR) is 61.3 cm³/mol. The number of hydrogen-bond acceptors (Lipinski definition) is 5. The number of hydrogen-bond donors (Lipinski definition) is 1. The Bertz CT molecular complexity index is 622. The maximum absolute atomic E-state index is 11.5. The largest absolute Gasteiger partial charge is 0.460 e. The summed E-state index contributed by atoms with van der Waals surface area (Å²) >= 11 is 0. The number of carbonyl (C=O) groups excluding carboxylic acids is 1. The van der Waals surface area contributed by atoms with Crippen molar-refractivity contribution < 1.29 is 13.9 Å². The van der Waals surface area contributed by atoms with Gasteiger partial charge in [0.15, 0.2) is 0 Å². The molecule has 0 aliphatic rings. The molecule has 17 heavy (non-hydrogen) atoms. The third-order valence-corrected chi connectivity index (χ3v) is 2.32. The molecular formula is C12H10N2O3. The average Bonchev–Trinajstić information content (AvgIpc) is 2.66. The minimum atomic E-state index is -0.597. The van der Waals surface area contributed by atoms with Crippen molar-refractivity contribution in [1.29, 1.82) is 5.26 Å². The molecule has 1 aromatic heterocycles. The van der Waals surface area contributed by atoms with Crippen LogP contribution in [-0.2, 0) is 4.74 Å². The van der Waals surface area contributed by atoms with Crippen molar-refractivity contribution in [2.75, 3.05) is 12.3 Å². The van der Waals surface area contributed by atoms with Gasteiger partial charge in [0.05, 0.1) is 23.9 Å². The summed E-state index contributed by atoms with van der Waals surface area (Å²) in [6, 6.07) is 6.78. The third-order valence-electron chi connectivity index (χ3n) is 2.32. The number of nitrogen functional groups attached to an aromatic ring is 1. The van der Waals surface area contributed by atoms with Crippen molar-refractivity contribution in [2.45, 2.75) is 6.92 Å². The number of nitrogens with two attached hydrogens (primary N) is 1. The molecule has 5 nitrogen and oxygen atoms in total. The fraction of sp³-hybridized carbons (Fsp3) is 0.167. The topological polar surface area (TPSA) is 89.2 Å². The van der Waals surface area contributed by atoms with Crippen LogP contribution in [0, 0.1) is 11.3 Å². The van der Waals surface area contributed by atoms with Gasteiger partial charge in [-0.3, -0.25) is 0 Å². The summed E-state index contributed by atoms with van der Waals surface area (Å²) in [5.74, 6) is -0.614. The quantitative estimate of drug-likeness (QED) is 0.797.